The Balaban J connectivity index is 3.14. The molecule has 76 valence electrons. The number of thioether (sulfide) groups is 1. The zero-order chi connectivity index (χ0) is 10.7. The molecular formula is C7H10N4O2S. The first kappa shape index (κ1) is 10.7. The van der Waals surface area contributed by atoms with Crippen molar-refractivity contribution in [3.63, 3.8) is 0 Å². The highest BCUT2D eigenvalue weighted by molar-refractivity contribution is 7.99. The summed E-state index contributed by atoms with van der Waals surface area (Å²) in [7, 11) is 0. The second-order valence-electron chi connectivity index (χ2n) is 2.84. The first-order valence-corrected chi connectivity index (χ1v) is 4.82. The highest BCUT2D eigenvalue weighted by Gasteiger charge is 2.21. The lowest BCUT2D eigenvalue weighted by Crippen LogP contribution is -2.03. The molecule has 1 aromatic heterocycles. The van der Waals surface area contributed by atoms with Crippen LogP contribution in [0.5, 0.6) is 0 Å². The number of nitro groups is 1. The van der Waals surface area contributed by atoms with Crippen molar-refractivity contribution in [3.8, 4) is 0 Å². The van der Waals surface area contributed by atoms with Gasteiger partial charge in [-0.1, -0.05) is 25.6 Å². The molecule has 0 bridgehead atoms. The lowest BCUT2D eigenvalue weighted by atomic mass is 10.5. The molecule has 0 atom stereocenters. The minimum absolute atomic E-state index is 0.0897. The lowest BCUT2D eigenvalue weighted by Gasteiger charge is -2.04. The standard InChI is InChI=1S/C7H10N4O2S/c1-4(2)14-7-5(11(12)13)6(8)9-3-10-7/h3-4H,1-2H3,(H2,8,9,10). The molecule has 6 nitrogen and oxygen atoms in total. The summed E-state index contributed by atoms with van der Waals surface area (Å²) in [4.78, 5) is 17.5. The topological polar surface area (TPSA) is 94.9 Å². The van der Waals surface area contributed by atoms with Crippen LogP contribution in [0.15, 0.2) is 11.4 Å². The van der Waals surface area contributed by atoms with Crippen molar-refractivity contribution < 1.29 is 4.92 Å². The van der Waals surface area contributed by atoms with Gasteiger partial charge in [-0.15, -0.1) is 0 Å². The number of rotatable bonds is 3. The van der Waals surface area contributed by atoms with Crippen LogP contribution in [0, 0.1) is 10.1 Å². The van der Waals surface area contributed by atoms with Crippen LogP contribution in [0.2, 0.25) is 0 Å². The van der Waals surface area contributed by atoms with Gasteiger partial charge in [0.15, 0.2) is 5.03 Å². The van der Waals surface area contributed by atoms with Gasteiger partial charge >= 0.3 is 5.69 Å². The van der Waals surface area contributed by atoms with E-state index in [1.54, 1.807) is 0 Å². The molecule has 0 aromatic carbocycles. The third kappa shape index (κ3) is 2.32. The number of nitrogens with two attached hydrogens (primary N) is 1. The van der Waals surface area contributed by atoms with Crippen LogP contribution in [0.25, 0.3) is 0 Å². The fourth-order valence-electron chi connectivity index (χ4n) is 0.856. The summed E-state index contributed by atoms with van der Waals surface area (Å²) in [6, 6.07) is 0. The number of anilines is 1. The highest BCUT2D eigenvalue weighted by Crippen LogP contribution is 2.32. The predicted octanol–water partition coefficient (Wildman–Crippen LogP) is 1.47. The van der Waals surface area contributed by atoms with Crippen LogP contribution < -0.4 is 5.73 Å². The van der Waals surface area contributed by atoms with Crippen LogP contribution in [-0.4, -0.2) is 20.1 Å². The predicted molar refractivity (Wildman–Crippen MR) is 54.1 cm³/mol. The molecule has 0 amide bonds. The van der Waals surface area contributed by atoms with E-state index in [0.29, 0.717) is 5.03 Å². The van der Waals surface area contributed by atoms with Gasteiger partial charge in [0.25, 0.3) is 0 Å². The fourth-order valence-corrected chi connectivity index (χ4v) is 1.70. The Bertz CT molecular complexity index is 356. The number of nitrogen functional groups attached to an aromatic ring is 1. The molecule has 0 aliphatic carbocycles. The molecule has 1 rings (SSSR count). The second kappa shape index (κ2) is 4.23. The Morgan fingerprint density at radius 2 is 2.21 bits per heavy atom. The molecule has 0 radical (unpaired) electrons. The quantitative estimate of drug-likeness (QED) is 0.354. The van der Waals surface area contributed by atoms with Gasteiger partial charge in [-0.2, -0.15) is 0 Å². The Labute approximate surface area is 85.1 Å². The Kier molecular flexibility index (Phi) is 3.23. The van der Waals surface area contributed by atoms with Gasteiger partial charge in [0.1, 0.15) is 6.33 Å². The second-order valence-corrected chi connectivity index (χ2v) is 4.40. The summed E-state index contributed by atoms with van der Waals surface area (Å²) in [5.41, 5.74) is 5.19. The average molecular weight is 214 g/mol. The number of aromatic nitrogens is 2. The molecule has 2 N–H and O–H groups in total. The van der Waals surface area contributed by atoms with Crippen LogP contribution in [-0.2, 0) is 0 Å². The number of nitrogens with zero attached hydrogens (tertiary/aromatic N) is 3. The van der Waals surface area contributed by atoms with E-state index in [4.69, 9.17) is 5.73 Å². The monoisotopic (exact) mass is 214 g/mol. The maximum Gasteiger partial charge on any atom is 0.343 e. The van der Waals surface area contributed by atoms with Gasteiger partial charge in [0.2, 0.25) is 5.82 Å². The Morgan fingerprint density at radius 1 is 1.57 bits per heavy atom. The van der Waals surface area contributed by atoms with Crippen molar-refractivity contribution in [3.05, 3.63) is 16.4 Å². The summed E-state index contributed by atoms with van der Waals surface area (Å²) >= 11 is 1.29. The maximum atomic E-state index is 10.7. The molecule has 0 saturated heterocycles. The minimum atomic E-state index is -0.556. The SMILES string of the molecule is CC(C)Sc1ncnc(N)c1[N+](=O)[O-]. The van der Waals surface area contributed by atoms with E-state index in [0.717, 1.165) is 0 Å². The van der Waals surface area contributed by atoms with Crippen molar-refractivity contribution in [2.75, 3.05) is 5.73 Å². The average Bonchev–Trinajstić information content (AvgIpc) is 2.01. The van der Waals surface area contributed by atoms with Gasteiger partial charge < -0.3 is 5.73 Å². The van der Waals surface area contributed by atoms with Crippen molar-refractivity contribution in [2.24, 2.45) is 0 Å². The van der Waals surface area contributed by atoms with Crippen LogP contribution in [0.4, 0.5) is 11.5 Å². The Hall–Kier alpha value is -1.37. The molecule has 0 unspecified atom stereocenters. The molecule has 14 heavy (non-hydrogen) atoms. The van der Waals surface area contributed by atoms with Gasteiger partial charge in [0.05, 0.1) is 4.92 Å². The summed E-state index contributed by atoms with van der Waals surface area (Å²) in [6.07, 6.45) is 1.23. The molecule has 0 saturated carbocycles. The fraction of sp³-hybridized carbons (Fsp3) is 0.429. The van der Waals surface area contributed by atoms with Gasteiger partial charge in [0, 0.05) is 5.25 Å². The summed E-state index contributed by atoms with van der Waals surface area (Å²) < 4.78 is 0. The van der Waals surface area contributed by atoms with Crippen molar-refractivity contribution in [1.29, 1.82) is 0 Å². The molecular weight excluding hydrogens is 204 g/mol. The van der Waals surface area contributed by atoms with Crippen molar-refractivity contribution >= 4 is 23.3 Å². The van der Waals surface area contributed by atoms with Gasteiger partial charge in [-0.25, -0.2) is 9.97 Å². The molecule has 0 aliphatic rings. The third-order valence-electron chi connectivity index (χ3n) is 1.35. The third-order valence-corrected chi connectivity index (χ3v) is 2.34. The van der Waals surface area contributed by atoms with E-state index in [-0.39, 0.29) is 16.8 Å². The molecule has 7 heteroatoms. The van der Waals surface area contributed by atoms with Gasteiger partial charge in [-0.05, 0) is 0 Å². The van der Waals surface area contributed by atoms with E-state index in [1.165, 1.54) is 18.1 Å². The van der Waals surface area contributed by atoms with E-state index in [9.17, 15) is 10.1 Å². The first-order chi connectivity index (χ1) is 6.52. The largest absolute Gasteiger partial charge is 0.378 e. The normalized spacial score (nSPS) is 10.5. The van der Waals surface area contributed by atoms with E-state index in [2.05, 4.69) is 9.97 Å². The Morgan fingerprint density at radius 3 is 2.71 bits per heavy atom. The van der Waals surface area contributed by atoms with Gasteiger partial charge in [-0.3, -0.25) is 10.1 Å². The highest BCUT2D eigenvalue weighted by atomic mass is 32.2. The minimum Gasteiger partial charge on any atom is -0.378 e. The van der Waals surface area contributed by atoms with E-state index < -0.39 is 4.92 Å². The first-order valence-electron chi connectivity index (χ1n) is 3.94. The van der Waals surface area contributed by atoms with Crippen LogP contribution in [0.1, 0.15) is 13.8 Å². The number of hydrogen-bond acceptors (Lipinski definition) is 6. The van der Waals surface area contributed by atoms with Crippen LogP contribution >= 0.6 is 11.8 Å². The lowest BCUT2D eigenvalue weighted by molar-refractivity contribution is -0.387. The van der Waals surface area contributed by atoms with E-state index >= 15 is 0 Å². The zero-order valence-electron chi connectivity index (χ0n) is 7.80. The molecule has 0 spiro atoms. The zero-order valence-corrected chi connectivity index (χ0v) is 8.61. The molecule has 1 heterocycles. The van der Waals surface area contributed by atoms with Crippen molar-refractivity contribution in [1.82, 2.24) is 9.97 Å². The van der Waals surface area contributed by atoms with Crippen LogP contribution in [0.3, 0.4) is 0 Å². The van der Waals surface area contributed by atoms with Crippen molar-refractivity contribution in [2.45, 2.75) is 24.1 Å². The maximum absolute atomic E-state index is 10.7. The summed E-state index contributed by atoms with van der Waals surface area (Å²) in [5, 5.41) is 11.2. The molecule has 1 aromatic rings. The molecule has 0 aliphatic heterocycles. The summed E-state index contributed by atoms with van der Waals surface area (Å²) in [6.45, 7) is 3.85. The van der Waals surface area contributed by atoms with E-state index in [1.807, 2.05) is 13.8 Å². The molecule has 0 fully saturated rings. The summed E-state index contributed by atoms with van der Waals surface area (Å²) in [5.74, 6) is -0.0897. The smallest absolute Gasteiger partial charge is 0.343 e. The number of hydrogen-bond donors (Lipinski definition) is 1.